The molecular formula is C21H22N2O6S. The van der Waals surface area contributed by atoms with Crippen molar-refractivity contribution in [2.75, 3.05) is 28.3 Å². The monoisotopic (exact) mass is 430 g/mol. The Morgan fingerprint density at radius 1 is 1.07 bits per heavy atom. The number of sulfone groups is 1. The molecule has 0 unspecified atom stereocenters. The first kappa shape index (κ1) is 21.5. The van der Waals surface area contributed by atoms with E-state index in [4.69, 9.17) is 4.74 Å². The average Bonchev–Trinajstić information content (AvgIpc) is 3.06. The first-order chi connectivity index (χ1) is 14.2. The van der Waals surface area contributed by atoms with Gasteiger partial charge in [-0.1, -0.05) is 18.2 Å². The van der Waals surface area contributed by atoms with E-state index in [1.54, 1.807) is 42.5 Å². The molecule has 0 radical (unpaired) electrons. The van der Waals surface area contributed by atoms with E-state index in [1.807, 2.05) is 0 Å². The topological polar surface area (TPSA) is 110 Å². The van der Waals surface area contributed by atoms with E-state index in [0.29, 0.717) is 17.8 Å². The van der Waals surface area contributed by atoms with Crippen molar-refractivity contribution in [1.29, 1.82) is 0 Å². The molecule has 2 aromatic rings. The normalized spacial score (nSPS) is 17.2. The molecule has 0 aliphatic carbocycles. The summed E-state index contributed by atoms with van der Waals surface area (Å²) in [7, 11) is -3.20. The van der Waals surface area contributed by atoms with Crippen LogP contribution in [0.1, 0.15) is 23.7 Å². The van der Waals surface area contributed by atoms with Gasteiger partial charge >= 0.3 is 5.97 Å². The van der Waals surface area contributed by atoms with Gasteiger partial charge in [-0.25, -0.2) is 13.2 Å². The minimum atomic E-state index is -3.20. The lowest BCUT2D eigenvalue weighted by molar-refractivity contribution is -0.122. The quantitative estimate of drug-likeness (QED) is 0.702. The molecule has 1 aliphatic heterocycles. The summed E-state index contributed by atoms with van der Waals surface area (Å²) in [6, 6.07) is 14.3. The number of para-hydroxylation sites is 1. The molecule has 3 rings (SSSR count). The Morgan fingerprint density at radius 3 is 2.30 bits per heavy atom. The Kier molecular flexibility index (Phi) is 6.51. The van der Waals surface area contributed by atoms with Crippen LogP contribution in [0.3, 0.4) is 0 Å². The molecule has 1 saturated heterocycles. The highest BCUT2D eigenvalue weighted by Crippen LogP contribution is 2.24. The zero-order chi connectivity index (χ0) is 21.7. The molecule has 1 fully saturated rings. The molecule has 9 heteroatoms. The van der Waals surface area contributed by atoms with Crippen molar-refractivity contribution in [3.63, 3.8) is 0 Å². The Balaban J connectivity index is 1.68. The number of hydrogen-bond donors (Lipinski definition) is 1. The highest BCUT2D eigenvalue weighted by molar-refractivity contribution is 7.91. The van der Waals surface area contributed by atoms with Gasteiger partial charge in [-0.2, -0.15) is 0 Å². The number of amides is 2. The number of nitrogens with zero attached hydrogens (tertiary/aromatic N) is 1. The van der Waals surface area contributed by atoms with E-state index in [-0.39, 0.29) is 23.0 Å². The van der Waals surface area contributed by atoms with Crippen molar-refractivity contribution in [3.8, 4) is 0 Å². The molecule has 1 atom stereocenters. The minimum Gasteiger partial charge on any atom is -0.452 e. The fraction of sp³-hybridized carbons (Fsp3) is 0.286. The molecular weight excluding hydrogens is 408 g/mol. The summed E-state index contributed by atoms with van der Waals surface area (Å²) in [5.74, 6) is -1.51. The molecule has 158 valence electrons. The van der Waals surface area contributed by atoms with Gasteiger partial charge < -0.3 is 15.0 Å². The first-order valence-corrected chi connectivity index (χ1v) is 11.2. The molecule has 0 saturated carbocycles. The van der Waals surface area contributed by atoms with Gasteiger partial charge in [-0.15, -0.1) is 0 Å². The van der Waals surface area contributed by atoms with Gasteiger partial charge in [-0.3, -0.25) is 9.59 Å². The molecule has 1 N–H and O–H groups in total. The molecule has 0 aromatic heterocycles. The molecule has 2 amide bonds. The summed E-state index contributed by atoms with van der Waals surface area (Å²) in [6.07, 6.45) is 0.335. The van der Waals surface area contributed by atoms with Crippen LogP contribution in [0, 0.1) is 0 Å². The SMILES string of the molecule is CC(=O)Nc1ccc(C(=O)OCC(=O)N(c2ccccc2)[C@@H]2CCS(=O)(=O)C2)cc1. The smallest absolute Gasteiger partial charge is 0.338 e. The maximum absolute atomic E-state index is 12.9. The zero-order valence-electron chi connectivity index (χ0n) is 16.4. The third-order valence-electron chi connectivity index (χ3n) is 4.64. The van der Waals surface area contributed by atoms with Crippen molar-refractivity contribution in [2.45, 2.75) is 19.4 Å². The number of esters is 1. The lowest BCUT2D eigenvalue weighted by atomic mass is 10.2. The molecule has 30 heavy (non-hydrogen) atoms. The van der Waals surface area contributed by atoms with Gasteiger partial charge in [0.1, 0.15) is 0 Å². The van der Waals surface area contributed by atoms with Crippen LogP contribution in [0.25, 0.3) is 0 Å². The molecule has 1 aliphatic rings. The van der Waals surface area contributed by atoms with Crippen molar-refractivity contribution in [1.82, 2.24) is 0 Å². The summed E-state index contributed by atoms with van der Waals surface area (Å²) in [5.41, 5.74) is 1.32. The Bertz CT molecular complexity index is 1030. The van der Waals surface area contributed by atoms with Gasteiger partial charge in [0.2, 0.25) is 5.91 Å². The van der Waals surface area contributed by atoms with Crippen LogP contribution < -0.4 is 10.2 Å². The Hall–Kier alpha value is -3.20. The molecule has 0 bridgehead atoms. The fourth-order valence-corrected chi connectivity index (χ4v) is 5.00. The van der Waals surface area contributed by atoms with Crippen LogP contribution in [-0.2, 0) is 24.2 Å². The predicted octanol–water partition coefficient (Wildman–Crippen LogP) is 2.02. The summed E-state index contributed by atoms with van der Waals surface area (Å²) in [6.45, 7) is 0.861. The van der Waals surface area contributed by atoms with E-state index in [9.17, 15) is 22.8 Å². The van der Waals surface area contributed by atoms with Gasteiger partial charge in [-0.05, 0) is 42.8 Å². The number of benzene rings is 2. The maximum Gasteiger partial charge on any atom is 0.338 e. The second kappa shape index (κ2) is 9.08. The van der Waals surface area contributed by atoms with E-state index >= 15 is 0 Å². The van der Waals surface area contributed by atoms with E-state index in [2.05, 4.69) is 5.32 Å². The van der Waals surface area contributed by atoms with Gasteiger partial charge in [0, 0.05) is 18.3 Å². The van der Waals surface area contributed by atoms with E-state index < -0.39 is 34.4 Å². The molecule has 1 heterocycles. The number of anilines is 2. The van der Waals surface area contributed by atoms with Gasteiger partial charge in [0.05, 0.1) is 23.1 Å². The fourth-order valence-electron chi connectivity index (χ4n) is 3.30. The number of carbonyl (C=O) groups excluding carboxylic acids is 3. The predicted molar refractivity (Wildman–Crippen MR) is 112 cm³/mol. The lowest BCUT2D eigenvalue weighted by Gasteiger charge is -2.28. The van der Waals surface area contributed by atoms with Crippen LogP contribution >= 0.6 is 0 Å². The third-order valence-corrected chi connectivity index (χ3v) is 6.39. The van der Waals surface area contributed by atoms with Gasteiger partial charge in [0.15, 0.2) is 16.4 Å². The Labute approximate surface area is 174 Å². The second-order valence-electron chi connectivity index (χ2n) is 6.99. The lowest BCUT2D eigenvalue weighted by Crippen LogP contribution is -2.43. The third kappa shape index (κ3) is 5.44. The van der Waals surface area contributed by atoms with Crippen molar-refractivity contribution in [3.05, 3.63) is 60.2 Å². The van der Waals surface area contributed by atoms with Crippen molar-refractivity contribution < 1.29 is 27.5 Å². The number of carbonyl (C=O) groups is 3. The van der Waals surface area contributed by atoms with Crippen LogP contribution in [0.2, 0.25) is 0 Å². The van der Waals surface area contributed by atoms with Crippen LogP contribution in [0.5, 0.6) is 0 Å². The second-order valence-corrected chi connectivity index (χ2v) is 9.22. The number of nitrogens with one attached hydrogen (secondary N) is 1. The minimum absolute atomic E-state index is 0.0225. The van der Waals surface area contributed by atoms with Gasteiger partial charge in [0.25, 0.3) is 5.91 Å². The highest BCUT2D eigenvalue weighted by Gasteiger charge is 2.35. The highest BCUT2D eigenvalue weighted by atomic mass is 32.2. The average molecular weight is 430 g/mol. The number of hydrogen-bond acceptors (Lipinski definition) is 6. The van der Waals surface area contributed by atoms with Crippen LogP contribution in [0.4, 0.5) is 11.4 Å². The van der Waals surface area contributed by atoms with Crippen LogP contribution in [0.15, 0.2) is 54.6 Å². The van der Waals surface area contributed by atoms with Crippen molar-refractivity contribution in [2.24, 2.45) is 0 Å². The largest absolute Gasteiger partial charge is 0.452 e. The number of ether oxygens (including phenoxy) is 1. The number of rotatable bonds is 6. The molecule has 0 spiro atoms. The van der Waals surface area contributed by atoms with Crippen LogP contribution in [-0.4, -0.2) is 50.4 Å². The molecule has 2 aromatic carbocycles. The van der Waals surface area contributed by atoms with E-state index in [1.165, 1.54) is 24.0 Å². The summed E-state index contributed by atoms with van der Waals surface area (Å²) in [4.78, 5) is 37.6. The summed E-state index contributed by atoms with van der Waals surface area (Å²) in [5, 5.41) is 2.59. The van der Waals surface area contributed by atoms with Crippen molar-refractivity contribution >= 4 is 39.0 Å². The van der Waals surface area contributed by atoms with E-state index in [0.717, 1.165) is 0 Å². The first-order valence-electron chi connectivity index (χ1n) is 9.37. The maximum atomic E-state index is 12.9. The summed E-state index contributed by atoms with van der Waals surface area (Å²) < 4.78 is 28.9. The molecule has 8 nitrogen and oxygen atoms in total. The summed E-state index contributed by atoms with van der Waals surface area (Å²) >= 11 is 0. The Morgan fingerprint density at radius 2 is 1.73 bits per heavy atom. The standard InChI is InChI=1S/C21H22N2O6S/c1-15(24)22-17-9-7-16(8-10-17)21(26)29-13-20(25)23(18-5-3-2-4-6-18)19-11-12-30(27,28)14-19/h2-10,19H,11-14H2,1H3,(H,22,24)/t19-/m1/s1. The zero-order valence-corrected chi connectivity index (χ0v) is 17.2.